The Bertz CT molecular complexity index is 4360. The van der Waals surface area contributed by atoms with E-state index in [1.165, 1.54) is 81.3 Å². The Morgan fingerprint density at radius 2 is 1.24 bits per heavy atom. The topological polar surface area (TPSA) is 515 Å². The number of alkyl carbamates (subject to hydrolysis) is 1. The van der Waals surface area contributed by atoms with E-state index in [0.717, 1.165) is 23.8 Å². The highest BCUT2D eigenvalue weighted by Crippen LogP contribution is 2.51. The molecule has 20 unspecified atom stereocenters. The van der Waals surface area contributed by atoms with Gasteiger partial charge in [0.05, 0.1) is 202 Å². The number of imide groups is 1. The van der Waals surface area contributed by atoms with Crippen LogP contribution in [0.15, 0.2) is 36.0 Å². The lowest BCUT2D eigenvalue weighted by atomic mass is 9.71. The Kier molecular flexibility index (Phi) is 51.8. The summed E-state index contributed by atoms with van der Waals surface area (Å²) in [5.41, 5.74) is 1.79. The van der Waals surface area contributed by atoms with Crippen LogP contribution in [0, 0.1) is 51.9 Å². The number of carbonyl (C=O) groups excluding carboxylic acids is 9. The summed E-state index contributed by atoms with van der Waals surface area (Å²) in [5.74, 6) is 7.29. The van der Waals surface area contributed by atoms with Crippen molar-refractivity contribution in [2.24, 2.45) is 17.8 Å². The quantitative estimate of drug-likeness (QED) is 0.00849. The predicted octanol–water partition coefficient (Wildman–Crippen LogP) is 3.42. The first-order valence-electron chi connectivity index (χ1n) is 47.0. The second-order valence-electron chi connectivity index (χ2n) is 34.6. The van der Waals surface area contributed by atoms with E-state index >= 15 is 0 Å². The molecular formula is C94H146IN7O35S3. The van der Waals surface area contributed by atoms with Crippen molar-refractivity contribution in [2.75, 3.05) is 186 Å². The summed E-state index contributed by atoms with van der Waals surface area (Å²) in [4.78, 5) is 126. The molecule has 10 N–H and O–H groups in total. The van der Waals surface area contributed by atoms with Gasteiger partial charge in [-0.25, -0.2) is 4.79 Å². The minimum atomic E-state index is -1.95. The summed E-state index contributed by atoms with van der Waals surface area (Å²) in [6.45, 7) is 23.9. The number of halogens is 1. The van der Waals surface area contributed by atoms with Crippen LogP contribution in [0.2, 0.25) is 0 Å². The van der Waals surface area contributed by atoms with Gasteiger partial charge >= 0.3 is 6.09 Å². The maximum absolute atomic E-state index is 15.0. The van der Waals surface area contributed by atoms with Crippen LogP contribution < -0.4 is 41.0 Å². The second kappa shape index (κ2) is 61.2. The van der Waals surface area contributed by atoms with Gasteiger partial charge in [-0.3, -0.25) is 48.1 Å². The van der Waals surface area contributed by atoms with Gasteiger partial charge in [0.2, 0.25) is 40.8 Å². The van der Waals surface area contributed by atoms with Crippen molar-refractivity contribution in [1.82, 2.24) is 36.5 Å². The lowest BCUT2D eigenvalue weighted by Gasteiger charge is -2.47. The molecule has 7 aliphatic rings. The number of methoxy groups -OCH3 is 5. The fraction of sp³-hybridized carbons (Fsp3) is 0.734. The number of rotatable bonds is 59. The molecule has 7 amide bonds. The van der Waals surface area contributed by atoms with E-state index < -0.39 is 179 Å². The summed E-state index contributed by atoms with van der Waals surface area (Å²) >= 11 is 2.79. The van der Waals surface area contributed by atoms with Crippen molar-refractivity contribution < 1.29 is 171 Å². The molecule has 0 spiro atoms. The maximum Gasteiger partial charge on any atom is 0.407 e. The molecule has 46 heteroatoms. The van der Waals surface area contributed by atoms with Crippen molar-refractivity contribution >= 4 is 108 Å². The minimum Gasteiger partial charge on any atom is -0.492 e. The molecule has 42 nitrogen and oxygen atoms in total. The SMILES string of the molecule is CCN(C(C)=O)C1COC(OC2C(O[C@H]3C#C/C=C\C#CC4C(NC(=O)OC)C(=O)C[C@@](O)(C(C)C)/C(=C/CSSC(C)(C)CCC(=O)NCCNC(=O)CCOCCOCCOCCOCCOCCOCCOCCOCCNC(=O)CCN5C(=O)C=CC5=O)C43)OC(C)C(NOC3CC(O)C(SC(=O)c4c(C)c(I)c(OC5OC(C)C(O)C(OC)C5O)c(OC)c4OC)C(C)O3)C2O)CC1OC.[HH].[HH]. The third-order valence-electron chi connectivity index (χ3n) is 24.2. The average molecular weight is 2160 g/mol. The number of aliphatic hydroxyl groups excluding tert-OH is 4. The number of thioether (sulfide) groups is 1. The lowest BCUT2D eigenvalue weighted by molar-refractivity contribution is -0.340. The van der Waals surface area contributed by atoms with Crippen LogP contribution >= 0.6 is 55.9 Å². The standard InChI is InChI=1S/C94H142IN7O35S3.2H2/c1-16-101(60(8)103)63-54-130-73(52-67(63)117-11)135-86-81(112)78(100-137-74-51-64(104)88(59(7)131-74)139-89(114)75-56(4)77(95)84(87(120-14)83(75)118-12)136-90-82(113)85(119-13)80(111)58(6)133-90)57(5)132-91(86)134-66-22-20-18-17-19-21-61-76(66)62(94(116,55(2)3)53-65(105)79(61)99-92(115)121-15)28-50-138-140-93(9,10)29-25-68(106)96-30-31-97-70(108)27-34-122-36-38-124-40-42-126-44-46-128-48-49-129-47-45-127-43-41-125-39-37-123-35-32-98-69(107)26-33-102-71(109)23-24-72(102)110;;/h17-18,23-24,28,55,57-59,61,63-64,66-67,73-74,76,78-82,85-86,88,90-91,100,104,111-113,116H,16,25-27,29-54H2,1-15H3,(H,96,106)(H,97,108)(H,98,107)(H,99,115);2*1H/b18-17-,62-28+;;/t57?,58?,59?,61?,63?,64?,66-,67?,73?,74?,76?,78?,79?,80?,81?,82?,85?,86?,88?,90?,91?,94+;;/m0../s1. The van der Waals surface area contributed by atoms with Crippen LogP contribution in [0.3, 0.4) is 0 Å². The molecule has 1 aromatic carbocycles. The minimum absolute atomic E-state index is 0. The van der Waals surface area contributed by atoms with Gasteiger partial charge in [-0.1, -0.05) is 77.0 Å². The second-order valence-corrected chi connectivity index (χ2v) is 39.9. The first-order chi connectivity index (χ1) is 67.1. The van der Waals surface area contributed by atoms with Gasteiger partial charge in [0.25, 0.3) is 11.8 Å². The van der Waals surface area contributed by atoms with Gasteiger partial charge in [0.1, 0.15) is 42.7 Å². The number of benzene rings is 1. The highest BCUT2D eigenvalue weighted by Gasteiger charge is 2.56. The molecular weight excluding hydrogens is 2010 g/mol. The Balaban J connectivity index is 0.0000154. The zero-order chi connectivity index (χ0) is 102. The third kappa shape index (κ3) is 35.7. The zero-order valence-corrected chi connectivity index (χ0v) is 86.9. The number of hydroxylamine groups is 1. The predicted molar refractivity (Wildman–Crippen MR) is 522 cm³/mol. The first kappa shape index (κ1) is 119. The molecule has 0 aromatic heterocycles. The summed E-state index contributed by atoms with van der Waals surface area (Å²) in [5, 5.41) is 69.9. The van der Waals surface area contributed by atoms with Gasteiger partial charge in [-0.2, -0.15) is 5.48 Å². The summed E-state index contributed by atoms with van der Waals surface area (Å²) in [6, 6.07) is -3.14. The Morgan fingerprint density at radius 3 is 1.79 bits per heavy atom. The summed E-state index contributed by atoms with van der Waals surface area (Å²) in [6.07, 6.45) is -11.9. The van der Waals surface area contributed by atoms with Crippen molar-refractivity contribution in [3.8, 4) is 40.9 Å². The van der Waals surface area contributed by atoms with Gasteiger partial charge in [-0.05, 0) is 107 Å². The van der Waals surface area contributed by atoms with E-state index in [4.69, 9.17) is 99.6 Å². The molecule has 1 saturated carbocycles. The Hall–Kier alpha value is -6.55. The Labute approximate surface area is 846 Å². The monoisotopic (exact) mass is 2160 g/mol. The number of nitrogens with one attached hydrogen (secondary N) is 5. The van der Waals surface area contributed by atoms with Crippen LogP contribution in [-0.4, -0.2) is 400 Å². The van der Waals surface area contributed by atoms with E-state index in [9.17, 15) is 68.7 Å². The molecule has 2 aliphatic carbocycles. The summed E-state index contributed by atoms with van der Waals surface area (Å²) < 4.78 is 118. The van der Waals surface area contributed by atoms with Crippen LogP contribution in [0.5, 0.6) is 17.2 Å². The van der Waals surface area contributed by atoms with Gasteiger partial charge in [0, 0.05) is 124 Å². The van der Waals surface area contributed by atoms with E-state index in [1.54, 1.807) is 46.4 Å². The van der Waals surface area contributed by atoms with Gasteiger partial charge in [-0.15, -0.1) is 0 Å². The number of fused-ring (bicyclic) bond motifs is 1. The fourth-order valence-electron chi connectivity index (χ4n) is 16.4. The third-order valence-corrected chi connectivity index (χ3v) is 30.1. The highest BCUT2D eigenvalue weighted by molar-refractivity contribution is 14.1. The highest BCUT2D eigenvalue weighted by atomic mass is 127. The number of hydrogen-bond acceptors (Lipinski definition) is 39. The first-order valence-corrected chi connectivity index (χ1v) is 51.2. The number of likely N-dealkylation sites (N-methyl/N-ethyl adjacent to an activating group) is 1. The van der Waals surface area contributed by atoms with E-state index in [0.29, 0.717) is 120 Å². The number of nitrogens with zero attached hydrogens (tertiary/aromatic N) is 2. The van der Waals surface area contributed by atoms with Crippen LogP contribution in [0.4, 0.5) is 4.79 Å². The molecule has 5 heterocycles. The van der Waals surface area contributed by atoms with Crippen LogP contribution in [0.1, 0.15) is 126 Å². The number of amides is 7. The number of Topliss-reactive ketones (excluding diaryl/α,β-unsaturated/α-hetero) is 1. The van der Waals surface area contributed by atoms with Crippen molar-refractivity contribution in [1.29, 1.82) is 0 Å². The molecule has 4 saturated heterocycles. The largest absolute Gasteiger partial charge is 0.492 e. The smallest absolute Gasteiger partial charge is 0.407 e. The van der Waals surface area contributed by atoms with E-state index in [1.807, 2.05) is 49.4 Å². The normalized spacial score (nSPS) is 28.4. The zero-order valence-electron chi connectivity index (χ0n) is 82.3. The number of aliphatic hydroxyl groups is 5. The van der Waals surface area contributed by atoms with Crippen molar-refractivity contribution in [2.45, 2.75) is 240 Å². The van der Waals surface area contributed by atoms with E-state index in [2.05, 4.69) is 50.4 Å². The summed E-state index contributed by atoms with van der Waals surface area (Å²) in [7, 11) is 9.61. The lowest BCUT2D eigenvalue weighted by Crippen LogP contribution is -2.65. The number of hydrogen-bond donors (Lipinski definition) is 10. The van der Waals surface area contributed by atoms with Crippen LogP contribution in [0.25, 0.3) is 0 Å². The van der Waals surface area contributed by atoms with Crippen molar-refractivity contribution in [3.05, 3.63) is 50.7 Å². The van der Waals surface area contributed by atoms with Crippen LogP contribution in [-0.2, 0) is 119 Å². The van der Waals surface area contributed by atoms with Gasteiger partial charge in [0.15, 0.2) is 36.2 Å². The molecule has 8 rings (SSSR count). The van der Waals surface area contributed by atoms with E-state index in [-0.39, 0.29) is 133 Å². The van der Waals surface area contributed by atoms with Gasteiger partial charge < -0.3 is 146 Å². The fourth-order valence-corrected chi connectivity index (χ4v) is 20.7. The number of ether oxygens (including phenoxy) is 20. The molecule has 5 aliphatic heterocycles. The molecule has 792 valence electrons. The maximum atomic E-state index is 15.0. The average Bonchev–Trinajstić information content (AvgIpc) is 1.57. The molecule has 0 bridgehead atoms. The molecule has 0 radical (unpaired) electrons. The molecule has 140 heavy (non-hydrogen) atoms. The number of carbonyl (C=O) groups is 9. The molecule has 5 fully saturated rings. The number of allylic oxidation sites excluding steroid dienone is 2. The molecule has 22 atom stereocenters. The van der Waals surface area contributed by atoms with Crippen molar-refractivity contribution in [3.63, 3.8) is 0 Å². The molecule has 1 aromatic rings. The number of ketones is 1. The Morgan fingerprint density at radius 1 is 0.671 bits per heavy atom.